The monoisotopic (exact) mass is 423 g/mol. The highest BCUT2D eigenvalue weighted by atomic mass is 32.2. The van der Waals surface area contributed by atoms with Gasteiger partial charge in [-0.15, -0.1) is 11.3 Å². The highest BCUT2D eigenvalue weighted by Crippen LogP contribution is 2.37. The van der Waals surface area contributed by atoms with Crippen molar-refractivity contribution >= 4 is 34.9 Å². The van der Waals surface area contributed by atoms with Crippen LogP contribution >= 0.6 is 23.1 Å². The van der Waals surface area contributed by atoms with E-state index in [4.69, 9.17) is 5.11 Å². The maximum absolute atomic E-state index is 12.3. The van der Waals surface area contributed by atoms with Crippen LogP contribution in [-0.2, 0) is 4.79 Å². The number of carboxylic acid groups (broad SMARTS) is 1. The van der Waals surface area contributed by atoms with Crippen LogP contribution in [-0.4, -0.2) is 38.3 Å². The van der Waals surface area contributed by atoms with Gasteiger partial charge in [-0.25, -0.2) is 9.78 Å². The molecule has 1 unspecified atom stereocenters. The summed E-state index contributed by atoms with van der Waals surface area (Å²) in [5.74, 6) is 1.02. The number of carbonyl (C=O) groups excluding carboxylic acids is 1. The third-order valence-corrected chi connectivity index (χ3v) is 7.96. The van der Waals surface area contributed by atoms with Crippen LogP contribution in [0.4, 0.5) is 0 Å². The Morgan fingerprint density at radius 1 is 1.43 bits per heavy atom. The summed E-state index contributed by atoms with van der Waals surface area (Å²) in [4.78, 5) is 27.3. The van der Waals surface area contributed by atoms with Crippen molar-refractivity contribution < 1.29 is 19.8 Å². The number of thiazole rings is 1. The summed E-state index contributed by atoms with van der Waals surface area (Å²) in [6.45, 7) is 1.92. The topological polar surface area (TPSA) is 87.5 Å². The minimum absolute atomic E-state index is 0.0271. The van der Waals surface area contributed by atoms with Crippen molar-refractivity contribution in [3.8, 4) is 0 Å². The lowest BCUT2D eigenvalue weighted by atomic mass is 9.77. The molecule has 3 rings (SSSR count). The Hall–Kier alpha value is -1.18. The molecule has 0 radical (unpaired) electrons. The molecule has 0 amide bonds. The first kappa shape index (κ1) is 21.5. The number of hydrogen-bond acceptors (Lipinski definition) is 6. The Balaban J connectivity index is 1.46. The molecule has 1 aromatic rings. The molecule has 1 aromatic heterocycles. The van der Waals surface area contributed by atoms with Crippen LogP contribution in [0.25, 0.3) is 0 Å². The van der Waals surface area contributed by atoms with Crippen LogP contribution in [0, 0.1) is 17.8 Å². The fourth-order valence-electron chi connectivity index (χ4n) is 4.13. The summed E-state index contributed by atoms with van der Waals surface area (Å²) >= 11 is 2.86. The van der Waals surface area contributed by atoms with Crippen molar-refractivity contribution in [3.63, 3.8) is 0 Å². The minimum atomic E-state index is -1.01. The van der Waals surface area contributed by atoms with Crippen molar-refractivity contribution in [2.45, 2.75) is 68.2 Å². The van der Waals surface area contributed by atoms with Crippen molar-refractivity contribution in [1.29, 1.82) is 0 Å². The second-order valence-electron chi connectivity index (χ2n) is 8.35. The molecule has 2 aliphatic rings. The normalized spacial score (nSPS) is 25.1. The van der Waals surface area contributed by atoms with Crippen LogP contribution in [0.5, 0.6) is 0 Å². The van der Waals surface area contributed by atoms with Crippen LogP contribution in [0.1, 0.15) is 68.8 Å². The highest BCUT2D eigenvalue weighted by Gasteiger charge is 2.33. The van der Waals surface area contributed by atoms with E-state index >= 15 is 0 Å². The summed E-state index contributed by atoms with van der Waals surface area (Å²) in [5.41, 5.74) is -0.568. The second-order valence-corrected chi connectivity index (χ2v) is 10.5. The summed E-state index contributed by atoms with van der Waals surface area (Å²) in [6.07, 6.45) is 11.8. The predicted octanol–water partition coefficient (Wildman–Crippen LogP) is 4.81. The summed E-state index contributed by atoms with van der Waals surface area (Å²) in [6, 6.07) is 0. The SMILES string of the molecule is CC(O)(C/C=C/[C@H]1CCC(=O)[C@@H]1CCSc1nc(C(=O)O)cs1)CC1CCC1. The van der Waals surface area contributed by atoms with E-state index in [9.17, 15) is 14.7 Å². The molecular weight excluding hydrogens is 394 g/mol. The standard InChI is InChI=1S/C21H29NO4S2/c1-21(26,12-14-4-2-5-14)10-3-6-15-7-8-18(23)16(15)9-11-27-20-22-17(13-28-20)19(24)25/h3,6,13-16,26H,2,4-5,7-12H2,1H3,(H,24,25)/b6-3+/t15-,16+,21?/m0/s1. The van der Waals surface area contributed by atoms with Gasteiger partial charge in [-0.2, -0.15) is 0 Å². The molecule has 5 nitrogen and oxygen atoms in total. The first-order chi connectivity index (χ1) is 13.3. The molecule has 28 heavy (non-hydrogen) atoms. The molecular formula is C21H29NO4S2. The number of thioether (sulfide) groups is 1. The van der Waals surface area contributed by atoms with E-state index in [1.54, 1.807) is 5.38 Å². The van der Waals surface area contributed by atoms with Gasteiger partial charge in [0.25, 0.3) is 0 Å². The van der Waals surface area contributed by atoms with Crippen molar-refractivity contribution in [1.82, 2.24) is 4.98 Å². The maximum Gasteiger partial charge on any atom is 0.355 e. The van der Waals surface area contributed by atoms with Crippen LogP contribution in [0.2, 0.25) is 0 Å². The number of aliphatic hydroxyl groups is 1. The molecule has 2 saturated carbocycles. The predicted molar refractivity (Wildman–Crippen MR) is 112 cm³/mol. The van der Waals surface area contributed by atoms with E-state index in [2.05, 4.69) is 17.1 Å². The van der Waals surface area contributed by atoms with Crippen molar-refractivity contribution in [3.05, 3.63) is 23.2 Å². The fourth-order valence-corrected chi connectivity index (χ4v) is 6.03. The average molecular weight is 424 g/mol. The smallest absolute Gasteiger partial charge is 0.355 e. The van der Waals surface area contributed by atoms with Gasteiger partial charge in [-0.1, -0.05) is 43.2 Å². The summed E-state index contributed by atoms with van der Waals surface area (Å²) < 4.78 is 0.738. The molecule has 2 aliphatic carbocycles. The third-order valence-electron chi connectivity index (χ3n) is 5.91. The molecule has 2 N–H and O–H groups in total. The van der Waals surface area contributed by atoms with E-state index in [0.29, 0.717) is 24.5 Å². The zero-order valence-corrected chi connectivity index (χ0v) is 17.9. The fraction of sp³-hybridized carbons (Fsp3) is 0.667. The Morgan fingerprint density at radius 2 is 2.21 bits per heavy atom. The van der Waals surface area contributed by atoms with E-state index in [-0.39, 0.29) is 17.5 Å². The van der Waals surface area contributed by atoms with Gasteiger partial charge in [-0.05, 0) is 44.4 Å². The van der Waals surface area contributed by atoms with Crippen LogP contribution in [0.3, 0.4) is 0 Å². The number of aromatic carboxylic acids is 1. The lowest BCUT2D eigenvalue weighted by molar-refractivity contribution is -0.121. The number of carboxylic acids is 1. The molecule has 0 bridgehead atoms. The van der Waals surface area contributed by atoms with Gasteiger partial charge in [0, 0.05) is 23.5 Å². The van der Waals surface area contributed by atoms with Crippen LogP contribution in [0.15, 0.2) is 21.9 Å². The molecule has 3 atom stereocenters. The van der Waals surface area contributed by atoms with Gasteiger partial charge in [-0.3, -0.25) is 4.79 Å². The zero-order valence-electron chi connectivity index (χ0n) is 16.3. The van der Waals surface area contributed by atoms with E-state index in [1.807, 2.05) is 6.92 Å². The molecule has 0 aromatic carbocycles. The van der Waals surface area contributed by atoms with Gasteiger partial charge < -0.3 is 10.2 Å². The third kappa shape index (κ3) is 5.91. The number of aromatic nitrogens is 1. The highest BCUT2D eigenvalue weighted by molar-refractivity contribution is 8.01. The Morgan fingerprint density at radius 3 is 2.86 bits per heavy atom. The largest absolute Gasteiger partial charge is 0.476 e. The van der Waals surface area contributed by atoms with Gasteiger partial charge >= 0.3 is 5.97 Å². The number of nitrogens with zero attached hydrogens (tertiary/aromatic N) is 1. The lowest BCUT2D eigenvalue weighted by Crippen LogP contribution is -2.29. The maximum atomic E-state index is 12.3. The van der Waals surface area contributed by atoms with Gasteiger partial charge in [0.1, 0.15) is 5.78 Å². The van der Waals surface area contributed by atoms with Crippen LogP contribution < -0.4 is 0 Å². The molecule has 0 saturated heterocycles. The molecule has 0 aliphatic heterocycles. The van der Waals surface area contributed by atoms with Gasteiger partial charge in [0.05, 0.1) is 5.60 Å². The van der Waals surface area contributed by atoms with Crippen molar-refractivity contribution in [2.24, 2.45) is 17.8 Å². The van der Waals surface area contributed by atoms with E-state index < -0.39 is 11.6 Å². The average Bonchev–Trinajstić information content (AvgIpc) is 3.20. The Kier molecular flexibility index (Phi) is 7.34. The minimum Gasteiger partial charge on any atom is -0.476 e. The molecule has 0 spiro atoms. The number of hydrogen-bond donors (Lipinski definition) is 2. The number of ketones is 1. The number of rotatable bonds is 10. The lowest BCUT2D eigenvalue weighted by Gasteiger charge is -2.33. The second kappa shape index (κ2) is 9.55. The van der Waals surface area contributed by atoms with E-state index in [0.717, 1.165) is 29.4 Å². The first-order valence-corrected chi connectivity index (χ1v) is 11.9. The molecule has 2 fully saturated rings. The zero-order chi connectivity index (χ0) is 20.1. The van der Waals surface area contributed by atoms with Gasteiger partial charge in [0.2, 0.25) is 0 Å². The molecule has 1 heterocycles. The summed E-state index contributed by atoms with van der Waals surface area (Å²) in [5, 5.41) is 21.1. The number of allylic oxidation sites excluding steroid dienone is 1. The van der Waals surface area contributed by atoms with Gasteiger partial charge in [0.15, 0.2) is 10.0 Å². The molecule has 154 valence electrons. The quantitative estimate of drug-likeness (QED) is 0.415. The summed E-state index contributed by atoms with van der Waals surface area (Å²) in [7, 11) is 0. The Bertz CT molecular complexity index is 724. The number of carbonyl (C=O) groups is 2. The van der Waals surface area contributed by atoms with E-state index in [1.165, 1.54) is 42.4 Å². The Labute approximate surface area is 174 Å². The van der Waals surface area contributed by atoms with Crippen molar-refractivity contribution in [2.75, 3.05) is 5.75 Å². The molecule has 7 heteroatoms. The first-order valence-electron chi connectivity index (χ1n) is 10.1. The number of Topliss-reactive ketones (excluding diaryl/α,β-unsaturated/α-hetero) is 1.